The molecular weight excluding hydrogens is 701 g/mol. The van der Waals surface area contributed by atoms with E-state index in [0.29, 0.717) is 18.8 Å². The second kappa shape index (κ2) is 21.9. The van der Waals surface area contributed by atoms with E-state index in [4.69, 9.17) is 0 Å². The van der Waals surface area contributed by atoms with Gasteiger partial charge in [-0.15, -0.1) is 0 Å². The molecule has 0 atom stereocenters. The molecule has 0 aliphatic carbocycles. The van der Waals surface area contributed by atoms with Crippen LogP contribution in [-0.2, 0) is 18.8 Å². The highest BCUT2D eigenvalue weighted by Crippen LogP contribution is 2.44. The van der Waals surface area contributed by atoms with Crippen molar-refractivity contribution in [3.05, 3.63) is 131 Å². The molecule has 2 nitrogen and oxygen atoms in total. The van der Waals surface area contributed by atoms with Gasteiger partial charge in [0.1, 0.15) is 0 Å². The van der Waals surface area contributed by atoms with Crippen molar-refractivity contribution < 1.29 is 30.7 Å². The van der Waals surface area contributed by atoms with E-state index in [1.807, 2.05) is 18.2 Å². The lowest BCUT2D eigenvalue weighted by Gasteiger charge is -2.20. The van der Waals surface area contributed by atoms with Gasteiger partial charge < -0.3 is 10.2 Å². The van der Waals surface area contributed by atoms with E-state index in [9.17, 15) is 30.7 Å². The number of hydrogen-bond acceptors (Lipinski definition) is 2. The smallest absolute Gasteiger partial charge is 0.388 e. The summed E-state index contributed by atoms with van der Waals surface area (Å²) in [5.41, 5.74) is 4.71. The molecule has 0 spiro atoms. The summed E-state index contributed by atoms with van der Waals surface area (Å²) in [7, 11) is 6.09. The standard InChI is InChI=1S/C21H22.C18H17F6N.C5H13N.CH3F/c1-5-9-19-15-21(13-11-17(19)7-3)20-12-10-16(6-2)18(8-4)14-20;1-10(2)11-4-6-13(15(8-11)17(19,20)21)14-7-5-12(25-3)9-16(14)18(22,23)24;1-5(2)6(3)4;1-2/h6-8,10-15H,2-5,9H2,1H3;4-10,25H,1-3H3;5H,1-4H3;1H3. The first-order valence-electron chi connectivity index (χ1n) is 17.6. The predicted molar refractivity (Wildman–Crippen MR) is 218 cm³/mol. The zero-order valence-electron chi connectivity index (χ0n) is 32.9. The van der Waals surface area contributed by atoms with E-state index < -0.39 is 34.6 Å². The molecule has 0 aliphatic heterocycles. The maximum absolute atomic E-state index is 13.5. The summed E-state index contributed by atoms with van der Waals surface area (Å²) in [6.07, 6.45) is -1.64. The third-order valence-corrected chi connectivity index (χ3v) is 8.69. The molecule has 0 saturated carbocycles. The molecule has 0 amide bonds. The van der Waals surface area contributed by atoms with Crippen LogP contribution in [0.25, 0.3) is 40.5 Å². The Labute approximate surface area is 318 Å². The average Bonchev–Trinajstić information content (AvgIpc) is 3.14. The minimum atomic E-state index is -4.78. The van der Waals surface area contributed by atoms with Crippen LogP contribution in [-0.4, -0.2) is 39.3 Å². The third-order valence-electron chi connectivity index (χ3n) is 8.69. The minimum absolute atomic E-state index is 0.170. The van der Waals surface area contributed by atoms with Crippen LogP contribution < -0.4 is 5.32 Å². The average molecular weight is 757 g/mol. The molecule has 4 aromatic rings. The molecule has 0 aliphatic rings. The van der Waals surface area contributed by atoms with Crippen LogP contribution in [0.5, 0.6) is 0 Å². The largest absolute Gasteiger partial charge is 0.417 e. The highest BCUT2D eigenvalue weighted by atomic mass is 19.4. The van der Waals surface area contributed by atoms with Gasteiger partial charge in [-0.2, -0.15) is 26.3 Å². The molecule has 4 aromatic carbocycles. The molecule has 0 aromatic heterocycles. The third kappa shape index (κ3) is 13.7. The summed E-state index contributed by atoms with van der Waals surface area (Å²) in [5, 5.41) is 2.56. The molecule has 0 unspecified atom stereocenters. The van der Waals surface area contributed by atoms with E-state index in [1.54, 1.807) is 13.8 Å². The van der Waals surface area contributed by atoms with Gasteiger partial charge in [0, 0.05) is 18.8 Å². The number of alkyl halides is 7. The topological polar surface area (TPSA) is 15.3 Å². The Bertz CT molecular complexity index is 1790. The van der Waals surface area contributed by atoms with Crippen molar-refractivity contribution in [2.45, 2.75) is 71.8 Å². The molecule has 0 heterocycles. The molecule has 0 saturated heterocycles. The lowest BCUT2D eigenvalue weighted by molar-refractivity contribution is -0.139. The van der Waals surface area contributed by atoms with Crippen molar-refractivity contribution in [3.63, 3.8) is 0 Å². The fraction of sp³-hybridized carbons (Fsp3) is 0.333. The Morgan fingerprint density at radius 1 is 0.648 bits per heavy atom. The second-order valence-electron chi connectivity index (χ2n) is 13.1. The zero-order valence-corrected chi connectivity index (χ0v) is 32.9. The van der Waals surface area contributed by atoms with Gasteiger partial charge in [0.2, 0.25) is 0 Å². The van der Waals surface area contributed by atoms with Gasteiger partial charge in [0.05, 0.1) is 18.3 Å². The fourth-order valence-corrected chi connectivity index (χ4v) is 5.15. The number of nitrogens with zero attached hydrogens (tertiary/aromatic N) is 1. The molecule has 0 bridgehead atoms. The first kappa shape index (κ1) is 47.4. The zero-order chi connectivity index (χ0) is 41.4. The van der Waals surface area contributed by atoms with Crippen molar-refractivity contribution in [1.29, 1.82) is 0 Å². The molecule has 1 N–H and O–H groups in total. The van der Waals surface area contributed by atoms with Crippen LogP contribution in [0.3, 0.4) is 0 Å². The van der Waals surface area contributed by atoms with E-state index >= 15 is 0 Å². The van der Waals surface area contributed by atoms with Crippen LogP contribution in [0.2, 0.25) is 0 Å². The molecule has 0 radical (unpaired) electrons. The Morgan fingerprint density at radius 3 is 1.54 bits per heavy atom. The van der Waals surface area contributed by atoms with E-state index in [-0.39, 0.29) is 11.6 Å². The van der Waals surface area contributed by atoms with Crippen molar-refractivity contribution in [3.8, 4) is 22.3 Å². The lowest BCUT2D eigenvalue weighted by atomic mass is 9.90. The van der Waals surface area contributed by atoms with Gasteiger partial charge in [-0.25, -0.2) is 0 Å². The van der Waals surface area contributed by atoms with Gasteiger partial charge in [-0.1, -0.05) is 114 Å². The minimum Gasteiger partial charge on any atom is -0.388 e. The fourth-order valence-electron chi connectivity index (χ4n) is 5.15. The summed E-state index contributed by atoms with van der Waals surface area (Å²) in [5.74, 6) is -0.177. The predicted octanol–water partition coefficient (Wildman–Crippen LogP) is 14.3. The van der Waals surface area contributed by atoms with Crippen LogP contribution >= 0.6 is 0 Å². The van der Waals surface area contributed by atoms with Gasteiger partial charge >= 0.3 is 12.4 Å². The number of hydrogen-bond donors (Lipinski definition) is 1. The first-order chi connectivity index (χ1) is 25.3. The van der Waals surface area contributed by atoms with Crippen LogP contribution in [0.4, 0.5) is 36.4 Å². The summed E-state index contributed by atoms with van der Waals surface area (Å²) in [6.45, 7) is 21.6. The summed E-state index contributed by atoms with van der Waals surface area (Å²) in [6, 6.07) is 20.3. The molecule has 0 fully saturated rings. The number of aryl methyl sites for hydroxylation is 1. The van der Waals surface area contributed by atoms with E-state index in [2.05, 4.69) is 101 Å². The van der Waals surface area contributed by atoms with Crippen LogP contribution in [0.15, 0.2) is 92.5 Å². The van der Waals surface area contributed by atoms with E-state index in [1.165, 1.54) is 41.4 Å². The lowest BCUT2D eigenvalue weighted by Crippen LogP contribution is -2.20. The van der Waals surface area contributed by atoms with E-state index in [0.717, 1.165) is 48.2 Å². The number of anilines is 1. The summed E-state index contributed by atoms with van der Waals surface area (Å²) in [4.78, 5) is 2.17. The van der Waals surface area contributed by atoms with Crippen LogP contribution in [0.1, 0.15) is 85.9 Å². The second-order valence-corrected chi connectivity index (χ2v) is 13.1. The van der Waals surface area contributed by atoms with Crippen molar-refractivity contribution in [2.75, 3.05) is 33.6 Å². The monoisotopic (exact) mass is 756 g/mol. The summed E-state index contributed by atoms with van der Waals surface area (Å²) >= 11 is 0. The SMILES string of the molecule is C=Cc1ccc(-c2ccc(C=C)c(CCC)c2)cc1C=C.CC(C)N(C)C.CF.CNc1ccc(-c2ccc(C(C)C)cc2C(F)(F)F)c(C(F)(F)F)c1. The maximum Gasteiger partial charge on any atom is 0.417 e. The summed E-state index contributed by atoms with van der Waals surface area (Å²) < 4.78 is 90.0. The Balaban J connectivity index is 0.000000455. The highest BCUT2D eigenvalue weighted by molar-refractivity contribution is 5.76. The number of rotatable bonds is 10. The molecule has 4 rings (SSSR count). The quantitative estimate of drug-likeness (QED) is 0.162. The Kier molecular flexibility index (Phi) is 19.2. The number of benzene rings is 4. The Morgan fingerprint density at radius 2 is 1.11 bits per heavy atom. The number of halogens is 7. The van der Waals surface area contributed by atoms with Crippen LogP contribution in [0, 0.1) is 0 Å². The van der Waals surface area contributed by atoms with Gasteiger partial charge in [0.25, 0.3) is 0 Å². The van der Waals surface area contributed by atoms with Gasteiger partial charge in [-0.05, 0) is 115 Å². The molecule has 9 heteroatoms. The Hall–Kier alpha value is -4.63. The van der Waals surface area contributed by atoms with Crippen molar-refractivity contribution in [1.82, 2.24) is 4.90 Å². The highest BCUT2D eigenvalue weighted by Gasteiger charge is 2.38. The van der Waals surface area contributed by atoms with Crippen molar-refractivity contribution >= 4 is 23.9 Å². The van der Waals surface area contributed by atoms with Crippen molar-refractivity contribution in [2.24, 2.45) is 0 Å². The number of nitrogens with one attached hydrogen (secondary N) is 1. The molecule has 54 heavy (non-hydrogen) atoms. The molecule has 294 valence electrons. The van der Waals surface area contributed by atoms with Gasteiger partial charge in [-0.3, -0.25) is 4.39 Å². The maximum atomic E-state index is 13.5. The first-order valence-corrected chi connectivity index (χ1v) is 17.6. The van der Waals surface area contributed by atoms with Gasteiger partial charge in [0.15, 0.2) is 0 Å². The molecular formula is C45H55F7N2. The normalized spacial score (nSPS) is 11.1.